The lowest BCUT2D eigenvalue weighted by molar-refractivity contribution is 0.628. The fourth-order valence-electron chi connectivity index (χ4n) is 2.32. The number of anilines is 1. The lowest BCUT2D eigenvalue weighted by atomic mass is 9.99. The van der Waals surface area contributed by atoms with Crippen LogP contribution in [0.2, 0.25) is 0 Å². The van der Waals surface area contributed by atoms with Gasteiger partial charge in [-0.25, -0.2) is 4.98 Å². The van der Waals surface area contributed by atoms with Crippen molar-refractivity contribution >= 4 is 23.1 Å². The first-order chi connectivity index (χ1) is 10.5. The van der Waals surface area contributed by atoms with Gasteiger partial charge in [0.25, 0.3) is 0 Å². The van der Waals surface area contributed by atoms with Crippen LogP contribution in [0.15, 0.2) is 36.5 Å². The average molecular weight is 313 g/mol. The van der Waals surface area contributed by atoms with Crippen molar-refractivity contribution in [3.8, 4) is 0 Å². The lowest BCUT2D eigenvalue weighted by Gasteiger charge is -2.21. The molecule has 2 N–H and O–H groups in total. The molecule has 1 heterocycles. The molecule has 1 atom stereocenters. The first-order valence-electron chi connectivity index (χ1n) is 7.57. The quantitative estimate of drug-likeness (QED) is 0.818. The third kappa shape index (κ3) is 4.04. The zero-order chi connectivity index (χ0) is 16.1. The maximum Gasteiger partial charge on any atom is 0.172 e. The van der Waals surface area contributed by atoms with Gasteiger partial charge in [-0.3, -0.25) is 0 Å². The van der Waals surface area contributed by atoms with E-state index in [4.69, 9.17) is 12.2 Å². The van der Waals surface area contributed by atoms with Gasteiger partial charge >= 0.3 is 0 Å². The molecule has 0 spiro atoms. The molecule has 22 heavy (non-hydrogen) atoms. The summed E-state index contributed by atoms with van der Waals surface area (Å²) in [4.78, 5) is 4.31. The van der Waals surface area contributed by atoms with Crippen molar-refractivity contribution < 1.29 is 0 Å². The van der Waals surface area contributed by atoms with E-state index in [2.05, 4.69) is 54.6 Å². The Kier molecular flexibility index (Phi) is 5.50. The number of thiocarbonyl (C=S) groups is 1. The highest BCUT2D eigenvalue weighted by atomic mass is 32.1. The largest absolute Gasteiger partial charge is 0.356 e. The molecule has 0 radical (unpaired) electrons. The molecule has 0 unspecified atom stereocenters. The molecule has 0 amide bonds. The zero-order valence-electron chi connectivity index (χ0n) is 13.6. The van der Waals surface area contributed by atoms with Gasteiger partial charge in [-0.05, 0) is 67.7 Å². The smallest absolute Gasteiger partial charge is 0.172 e. The third-order valence-electron chi connectivity index (χ3n) is 3.89. The molecule has 1 aromatic heterocycles. The number of hydrogen-bond donors (Lipinski definition) is 2. The normalized spacial score (nSPS) is 11.8. The summed E-state index contributed by atoms with van der Waals surface area (Å²) in [7, 11) is 0. The van der Waals surface area contributed by atoms with Crippen LogP contribution in [0.5, 0.6) is 0 Å². The van der Waals surface area contributed by atoms with E-state index >= 15 is 0 Å². The van der Waals surface area contributed by atoms with E-state index in [1.54, 1.807) is 6.20 Å². The minimum Gasteiger partial charge on any atom is -0.356 e. The molecule has 0 fully saturated rings. The van der Waals surface area contributed by atoms with Crippen LogP contribution < -0.4 is 10.6 Å². The predicted octanol–water partition coefficient (Wildman–Crippen LogP) is 4.44. The molecule has 0 aliphatic carbocycles. The Labute approximate surface area is 138 Å². The van der Waals surface area contributed by atoms with Crippen LogP contribution >= 0.6 is 12.2 Å². The predicted molar refractivity (Wildman–Crippen MR) is 97.3 cm³/mol. The molecule has 1 aromatic carbocycles. The number of hydrogen-bond acceptors (Lipinski definition) is 2. The monoisotopic (exact) mass is 313 g/mol. The molecular formula is C18H23N3S. The zero-order valence-corrected chi connectivity index (χ0v) is 14.4. The van der Waals surface area contributed by atoms with Crippen molar-refractivity contribution in [2.75, 3.05) is 5.32 Å². The number of pyridine rings is 1. The molecule has 0 aliphatic rings. The Bertz CT molecular complexity index is 667. The maximum absolute atomic E-state index is 5.43. The summed E-state index contributed by atoms with van der Waals surface area (Å²) in [5.74, 6) is 0.801. The van der Waals surface area contributed by atoms with Gasteiger partial charge in [0, 0.05) is 6.20 Å². The van der Waals surface area contributed by atoms with Crippen LogP contribution in [0.3, 0.4) is 0 Å². The second kappa shape index (κ2) is 7.36. The highest BCUT2D eigenvalue weighted by Crippen LogP contribution is 2.20. The molecule has 3 nitrogen and oxygen atoms in total. The molecular weight excluding hydrogens is 290 g/mol. The molecule has 2 aromatic rings. The molecule has 4 heteroatoms. The fraction of sp³-hybridized carbons (Fsp3) is 0.333. The van der Waals surface area contributed by atoms with E-state index < -0.39 is 0 Å². The second-order valence-electron chi connectivity index (χ2n) is 5.57. The summed E-state index contributed by atoms with van der Waals surface area (Å²) in [6.07, 6.45) is 2.73. The van der Waals surface area contributed by atoms with Crippen molar-refractivity contribution in [2.45, 2.75) is 40.2 Å². The standard InChI is InChI=1S/C18H23N3S/c1-5-16(15-9-8-12(2)14(4)11-15)20-18(22)21-17-13(3)7-6-10-19-17/h6-11,16H,5H2,1-4H3,(H2,19,20,21,22)/t16-/m1/s1. The highest BCUT2D eigenvalue weighted by molar-refractivity contribution is 7.80. The molecule has 0 saturated carbocycles. The molecule has 0 saturated heterocycles. The Morgan fingerprint density at radius 3 is 2.55 bits per heavy atom. The molecule has 0 bridgehead atoms. The first kappa shape index (κ1) is 16.4. The number of benzene rings is 1. The lowest BCUT2D eigenvalue weighted by Crippen LogP contribution is -2.32. The molecule has 0 aliphatic heterocycles. The molecule has 116 valence electrons. The summed E-state index contributed by atoms with van der Waals surface area (Å²) in [5.41, 5.74) is 4.94. The summed E-state index contributed by atoms with van der Waals surface area (Å²) >= 11 is 5.43. The highest BCUT2D eigenvalue weighted by Gasteiger charge is 2.12. The summed E-state index contributed by atoms with van der Waals surface area (Å²) < 4.78 is 0. The number of aryl methyl sites for hydroxylation is 3. The van der Waals surface area contributed by atoms with Crippen LogP contribution in [-0.2, 0) is 0 Å². The summed E-state index contributed by atoms with van der Waals surface area (Å²) in [6.45, 7) is 8.43. The van der Waals surface area contributed by atoms with Crippen molar-refractivity contribution in [3.05, 3.63) is 58.8 Å². The Hall–Kier alpha value is -1.94. The van der Waals surface area contributed by atoms with Crippen LogP contribution in [0.1, 0.15) is 41.6 Å². The van der Waals surface area contributed by atoms with E-state index in [0.29, 0.717) is 5.11 Å². The van der Waals surface area contributed by atoms with E-state index in [1.807, 2.05) is 19.1 Å². The van der Waals surface area contributed by atoms with E-state index in [-0.39, 0.29) is 6.04 Å². The van der Waals surface area contributed by atoms with Crippen LogP contribution in [0.4, 0.5) is 5.82 Å². The van der Waals surface area contributed by atoms with Gasteiger partial charge in [0.15, 0.2) is 5.11 Å². The SMILES string of the molecule is CC[C@@H](NC(=S)Nc1ncccc1C)c1ccc(C)c(C)c1. The Morgan fingerprint density at radius 1 is 1.14 bits per heavy atom. The van der Waals surface area contributed by atoms with Gasteiger partial charge < -0.3 is 10.6 Å². The number of nitrogens with one attached hydrogen (secondary N) is 2. The van der Waals surface area contributed by atoms with E-state index in [0.717, 1.165) is 17.8 Å². The molecule has 2 rings (SSSR count). The number of rotatable bonds is 4. The summed E-state index contributed by atoms with van der Waals surface area (Å²) in [5, 5.41) is 7.17. The maximum atomic E-state index is 5.43. The van der Waals surface area contributed by atoms with Crippen molar-refractivity contribution in [3.63, 3.8) is 0 Å². The van der Waals surface area contributed by atoms with E-state index in [9.17, 15) is 0 Å². The van der Waals surface area contributed by atoms with Gasteiger partial charge in [0.2, 0.25) is 0 Å². The van der Waals surface area contributed by atoms with Gasteiger partial charge in [-0.2, -0.15) is 0 Å². The minimum absolute atomic E-state index is 0.198. The van der Waals surface area contributed by atoms with Gasteiger partial charge in [0.1, 0.15) is 5.82 Å². The topological polar surface area (TPSA) is 37.0 Å². The van der Waals surface area contributed by atoms with Gasteiger partial charge in [0.05, 0.1) is 6.04 Å². The van der Waals surface area contributed by atoms with E-state index in [1.165, 1.54) is 16.7 Å². The van der Waals surface area contributed by atoms with Gasteiger partial charge in [-0.15, -0.1) is 0 Å². The third-order valence-corrected chi connectivity index (χ3v) is 4.11. The number of aromatic nitrogens is 1. The van der Waals surface area contributed by atoms with Crippen LogP contribution in [-0.4, -0.2) is 10.1 Å². The average Bonchev–Trinajstić information content (AvgIpc) is 2.50. The first-order valence-corrected chi connectivity index (χ1v) is 7.98. The Balaban J connectivity index is 2.08. The van der Waals surface area contributed by atoms with Crippen molar-refractivity contribution in [1.29, 1.82) is 0 Å². The Morgan fingerprint density at radius 2 is 1.91 bits per heavy atom. The number of nitrogens with zero attached hydrogens (tertiary/aromatic N) is 1. The minimum atomic E-state index is 0.198. The fourth-order valence-corrected chi connectivity index (χ4v) is 2.56. The van der Waals surface area contributed by atoms with Gasteiger partial charge in [-0.1, -0.05) is 31.2 Å². The van der Waals surface area contributed by atoms with Crippen LogP contribution in [0, 0.1) is 20.8 Å². The van der Waals surface area contributed by atoms with Crippen molar-refractivity contribution in [2.24, 2.45) is 0 Å². The summed E-state index contributed by atoms with van der Waals surface area (Å²) in [6, 6.07) is 10.7. The van der Waals surface area contributed by atoms with Crippen molar-refractivity contribution in [1.82, 2.24) is 10.3 Å². The second-order valence-corrected chi connectivity index (χ2v) is 5.98. The van der Waals surface area contributed by atoms with Crippen LogP contribution in [0.25, 0.3) is 0 Å².